The van der Waals surface area contributed by atoms with Crippen LogP contribution in [0.1, 0.15) is 25.3 Å². The minimum absolute atomic E-state index is 0.443. The SMILES string of the molecule is CN=C(N)Nc1ccccc1C(C)C. The van der Waals surface area contributed by atoms with E-state index in [4.69, 9.17) is 5.73 Å². The van der Waals surface area contributed by atoms with E-state index in [-0.39, 0.29) is 0 Å². The molecule has 3 heteroatoms. The van der Waals surface area contributed by atoms with Gasteiger partial charge in [0.05, 0.1) is 0 Å². The highest BCUT2D eigenvalue weighted by Gasteiger charge is 2.05. The summed E-state index contributed by atoms with van der Waals surface area (Å²) in [5, 5.41) is 3.07. The molecule has 1 rings (SSSR count). The van der Waals surface area contributed by atoms with E-state index in [2.05, 4.69) is 30.2 Å². The number of benzene rings is 1. The summed E-state index contributed by atoms with van der Waals surface area (Å²) in [7, 11) is 1.67. The summed E-state index contributed by atoms with van der Waals surface area (Å²) in [4.78, 5) is 3.87. The van der Waals surface area contributed by atoms with Gasteiger partial charge in [-0.25, -0.2) is 0 Å². The van der Waals surface area contributed by atoms with Crippen LogP contribution in [0.3, 0.4) is 0 Å². The maximum absolute atomic E-state index is 5.61. The summed E-state index contributed by atoms with van der Waals surface area (Å²) >= 11 is 0. The Morgan fingerprint density at radius 2 is 2.00 bits per heavy atom. The molecule has 0 bridgehead atoms. The van der Waals surface area contributed by atoms with Crippen molar-refractivity contribution in [3.05, 3.63) is 29.8 Å². The van der Waals surface area contributed by atoms with Crippen LogP contribution in [0.15, 0.2) is 29.3 Å². The molecule has 0 aromatic heterocycles. The first-order valence-corrected chi connectivity index (χ1v) is 4.73. The van der Waals surface area contributed by atoms with Crippen LogP contribution < -0.4 is 11.1 Å². The van der Waals surface area contributed by atoms with E-state index in [9.17, 15) is 0 Å². The maximum Gasteiger partial charge on any atom is 0.192 e. The van der Waals surface area contributed by atoms with Crippen LogP contribution in [0.4, 0.5) is 5.69 Å². The molecule has 0 saturated heterocycles. The van der Waals surface area contributed by atoms with Gasteiger partial charge in [-0.15, -0.1) is 0 Å². The van der Waals surface area contributed by atoms with Gasteiger partial charge < -0.3 is 11.1 Å². The van der Waals surface area contributed by atoms with Crippen molar-refractivity contribution < 1.29 is 0 Å². The first-order chi connectivity index (χ1) is 6.65. The summed E-state index contributed by atoms with van der Waals surface area (Å²) in [6.07, 6.45) is 0. The maximum atomic E-state index is 5.61. The molecule has 1 aromatic rings. The molecule has 0 aliphatic carbocycles. The van der Waals surface area contributed by atoms with Crippen LogP contribution in [0.5, 0.6) is 0 Å². The molecule has 0 aliphatic heterocycles. The number of guanidine groups is 1. The molecule has 3 N–H and O–H groups in total. The van der Waals surface area contributed by atoms with Gasteiger partial charge in [-0.1, -0.05) is 32.0 Å². The molecule has 0 heterocycles. The molecule has 0 fully saturated rings. The normalized spacial score (nSPS) is 11.9. The van der Waals surface area contributed by atoms with Crippen molar-refractivity contribution in [1.29, 1.82) is 0 Å². The zero-order valence-electron chi connectivity index (χ0n) is 8.91. The lowest BCUT2D eigenvalue weighted by Gasteiger charge is -2.13. The molecule has 0 saturated carbocycles. The second kappa shape index (κ2) is 4.65. The summed E-state index contributed by atoms with van der Waals surface area (Å²) < 4.78 is 0. The molecule has 0 unspecified atom stereocenters. The van der Waals surface area contributed by atoms with Gasteiger partial charge in [-0.3, -0.25) is 4.99 Å². The number of nitrogens with two attached hydrogens (primary N) is 1. The van der Waals surface area contributed by atoms with E-state index in [1.807, 2.05) is 18.2 Å². The Morgan fingerprint density at radius 3 is 2.57 bits per heavy atom. The topological polar surface area (TPSA) is 50.4 Å². The Bertz CT molecular complexity index is 329. The zero-order chi connectivity index (χ0) is 10.6. The largest absolute Gasteiger partial charge is 0.370 e. The number of aliphatic imine (C=N–C) groups is 1. The van der Waals surface area contributed by atoms with E-state index < -0.39 is 0 Å². The third kappa shape index (κ3) is 2.49. The van der Waals surface area contributed by atoms with Crippen molar-refractivity contribution >= 4 is 11.6 Å². The number of hydrogen-bond donors (Lipinski definition) is 2. The van der Waals surface area contributed by atoms with Crippen LogP contribution >= 0.6 is 0 Å². The van der Waals surface area contributed by atoms with Crippen molar-refractivity contribution in [3.8, 4) is 0 Å². The van der Waals surface area contributed by atoms with Crippen molar-refractivity contribution in [1.82, 2.24) is 0 Å². The highest BCUT2D eigenvalue weighted by molar-refractivity contribution is 5.92. The van der Waals surface area contributed by atoms with Gasteiger partial charge in [0.15, 0.2) is 5.96 Å². The Kier molecular flexibility index (Phi) is 3.51. The molecular weight excluding hydrogens is 174 g/mol. The van der Waals surface area contributed by atoms with Gasteiger partial charge in [0.2, 0.25) is 0 Å². The third-order valence-electron chi connectivity index (χ3n) is 2.09. The standard InChI is InChI=1S/C11H17N3/c1-8(2)9-6-4-5-7-10(9)14-11(12)13-3/h4-8H,1-3H3,(H3,12,13,14). The Labute approximate surface area is 85.0 Å². The average Bonchev–Trinajstić information content (AvgIpc) is 2.18. The number of hydrogen-bond acceptors (Lipinski definition) is 1. The lowest BCUT2D eigenvalue weighted by Crippen LogP contribution is -2.22. The monoisotopic (exact) mass is 191 g/mol. The lowest BCUT2D eigenvalue weighted by atomic mass is 10.0. The van der Waals surface area contributed by atoms with E-state index in [0.29, 0.717) is 11.9 Å². The van der Waals surface area contributed by atoms with E-state index in [1.54, 1.807) is 7.05 Å². The summed E-state index contributed by atoms with van der Waals surface area (Å²) in [5.41, 5.74) is 7.90. The second-order valence-corrected chi connectivity index (χ2v) is 3.48. The molecule has 0 amide bonds. The molecule has 76 valence electrons. The fraction of sp³-hybridized carbons (Fsp3) is 0.364. The highest BCUT2D eigenvalue weighted by atomic mass is 15.1. The van der Waals surface area contributed by atoms with Gasteiger partial charge in [-0.05, 0) is 17.5 Å². The van der Waals surface area contributed by atoms with Gasteiger partial charge in [0.1, 0.15) is 0 Å². The molecule has 0 aliphatic rings. The molecule has 0 atom stereocenters. The highest BCUT2D eigenvalue weighted by Crippen LogP contribution is 2.23. The number of para-hydroxylation sites is 1. The van der Waals surface area contributed by atoms with Crippen LogP contribution in [0, 0.1) is 0 Å². The number of nitrogens with zero attached hydrogens (tertiary/aromatic N) is 1. The Hall–Kier alpha value is -1.51. The van der Waals surface area contributed by atoms with Crippen molar-refractivity contribution in [2.75, 3.05) is 12.4 Å². The van der Waals surface area contributed by atoms with E-state index >= 15 is 0 Å². The first kappa shape index (κ1) is 10.6. The predicted molar refractivity (Wildman–Crippen MR) is 61.7 cm³/mol. The fourth-order valence-electron chi connectivity index (χ4n) is 1.31. The fourth-order valence-corrected chi connectivity index (χ4v) is 1.31. The second-order valence-electron chi connectivity index (χ2n) is 3.48. The van der Waals surface area contributed by atoms with E-state index in [0.717, 1.165) is 5.69 Å². The molecule has 1 aromatic carbocycles. The van der Waals surface area contributed by atoms with Gasteiger partial charge >= 0.3 is 0 Å². The summed E-state index contributed by atoms with van der Waals surface area (Å²) in [5.74, 6) is 0.918. The van der Waals surface area contributed by atoms with Gasteiger partial charge in [0.25, 0.3) is 0 Å². The van der Waals surface area contributed by atoms with Crippen LogP contribution in [-0.2, 0) is 0 Å². The number of rotatable bonds is 2. The van der Waals surface area contributed by atoms with Gasteiger partial charge in [-0.2, -0.15) is 0 Å². The summed E-state index contributed by atoms with van der Waals surface area (Å²) in [6.45, 7) is 4.31. The average molecular weight is 191 g/mol. The molecule has 3 nitrogen and oxygen atoms in total. The number of anilines is 1. The van der Waals surface area contributed by atoms with Crippen molar-refractivity contribution in [2.24, 2.45) is 10.7 Å². The third-order valence-corrected chi connectivity index (χ3v) is 2.09. The Morgan fingerprint density at radius 1 is 1.36 bits per heavy atom. The Balaban J connectivity index is 2.96. The quantitative estimate of drug-likeness (QED) is 0.556. The van der Waals surface area contributed by atoms with Gasteiger partial charge in [0, 0.05) is 12.7 Å². The minimum atomic E-state index is 0.443. The molecule has 0 spiro atoms. The molecule has 0 radical (unpaired) electrons. The van der Waals surface area contributed by atoms with Crippen LogP contribution in [0.25, 0.3) is 0 Å². The number of nitrogens with one attached hydrogen (secondary N) is 1. The molecular formula is C11H17N3. The smallest absolute Gasteiger partial charge is 0.192 e. The lowest BCUT2D eigenvalue weighted by molar-refractivity contribution is 0.869. The van der Waals surface area contributed by atoms with E-state index in [1.165, 1.54) is 5.56 Å². The minimum Gasteiger partial charge on any atom is -0.370 e. The first-order valence-electron chi connectivity index (χ1n) is 4.73. The molecule has 14 heavy (non-hydrogen) atoms. The van der Waals surface area contributed by atoms with Crippen molar-refractivity contribution in [3.63, 3.8) is 0 Å². The predicted octanol–water partition coefficient (Wildman–Crippen LogP) is 2.17. The summed E-state index contributed by atoms with van der Waals surface area (Å²) in [6, 6.07) is 8.11. The zero-order valence-corrected chi connectivity index (χ0v) is 8.91. The van der Waals surface area contributed by atoms with Crippen LogP contribution in [0.2, 0.25) is 0 Å². The van der Waals surface area contributed by atoms with Crippen LogP contribution in [-0.4, -0.2) is 13.0 Å². The van der Waals surface area contributed by atoms with Crippen molar-refractivity contribution in [2.45, 2.75) is 19.8 Å².